The standard InChI is InChI=1S/C22H25N3O5/c1-5-29-15-8-10-20(30-6-2)18(11-15)23-22(26)19-13-17(24-25-19)16-9-7-14(27-3)12-21(16)28-4/h7-13H,5-6H2,1-4H3,(H,23,26)(H,24,25). The maximum Gasteiger partial charge on any atom is 0.273 e. The third-order valence-electron chi connectivity index (χ3n) is 4.32. The van der Waals surface area contributed by atoms with Crippen LogP contribution in [0.15, 0.2) is 42.5 Å². The minimum atomic E-state index is -0.351. The predicted molar refractivity (Wildman–Crippen MR) is 114 cm³/mol. The number of methoxy groups -OCH3 is 2. The fraction of sp³-hybridized carbons (Fsp3) is 0.273. The quantitative estimate of drug-likeness (QED) is 0.549. The largest absolute Gasteiger partial charge is 0.497 e. The number of H-pyrrole nitrogens is 1. The molecule has 1 amide bonds. The number of nitrogens with one attached hydrogen (secondary N) is 2. The van der Waals surface area contributed by atoms with Gasteiger partial charge in [0.1, 0.15) is 28.7 Å². The second kappa shape index (κ2) is 9.69. The molecular weight excluding hydrogens is 386 g/mol. The summed E-state index contributed by atoms with van der Waals surface area (Å²) in [6.45, 7) is 4.77. The number of ether oxygens (including phenoxy) is 4. The summed E-state index contributed by atoms with van der Waals surface area (Å²) in [5, 5.41) is 9.89. The molecule has 0 bridgehead atoms. The lowest BCUT2D eigenvalue weighted by atomic mass is 10.1. The van der Waals surface area contributed by atoms with E-state index >= 15 is 0 Å². The van der Waals surface area contributed by atoms with Crippen molar-refractivity contribution in [3.63, 3.8) is 0 Å². The molecule has 3 rings (SSSR count). The van der Waals surface area contributed by atoms with Crippen molar-refractivity contribution in [2.24, 2.45) is 0 Å². The molecule has 0 atom stereocenters. The Morgan fingerprint density at radius 3 is 2.40 bits per heavy atom. The van der Waals surface area contributed by atoms with Crippen LogP contribution in [0.1, 0.15) is 24.3 Å². The van der Waals surface area contributed by atoms with Crippen LogP contribution >= 0.6 is 0 Å². The molecule has 0 unspecified atom stereocenters. The molecule has 0 saturated heterocycles. The summed E-state index contributed by atoms with van der Waals surface area (Å²) in [5.41, 5.74) is 2.13. The number of amides is 1. The van der Waals surface area contributed by atoms with Crippen LogP contribution in [0.25, 0.3) is 11.3 Å². The van der Waals surface area contributed by atoms with Crippen LogP contribution in [0, 0.1) is 0 Å². The lowest BCUT2D eigenvalue weighted by Crippen LogP contribution is -2.13. The smallest absolute Gasteiger partial charge is 0.273 e. The van der Waals surface area contributed by atoms with Crippen LogP contribution in [0.2, 0.25) is 0 Å². The van der Waals surface area contributed by atoms with E-state index in [-0.39, 0.29) is 5.91 Å². The molecule has 1 aromatic heterocycles. The molecule has 1 heterocycles. The van der Waals surface area contributed by atoms with Gasteiger partial charge in [-0.2, -0.15) is 5.10 Å². The predicted octanol–water partition coefficient (Wildman–Crippen LogP) is 4.14. The van der Waals surface area contributed by atoms with Gasteiger partial charge in [0, 0.05) is 17.7 Å². The second-order valence-corrected chi connectivity index (χ2v) is 6.21. The number of anilines is 1. The van der Waals surface area contributed by atoms with Crippen molar-refractivity contribution in [2.45, 2.75) is 13.8 Å². The molecule has 0 radical (unpaired) electrons. The Balaban J connectivity index is 1.85. The van der Waals surface area contributed by atoms with Crippen molar-refractivity contribution in [3.8, 4) is 34.3 Å². The fourth-order valence-electron chi connectivity index (χ4n) is 2.92. The molecule has 8 heteroatoms. The van der Waals surface area contributed by atoms with E-state index in [0.29, 0.717) is 53.3 Å². The number of carbonyl (C=O) groups is 1. The van der Waals surface area contributed by atoms with E-state index in [4.69, 9.17) is 18.9 Å². The Hall–Kier alpha value is -3.68. The zero-order chi connectivity index (χ0) is 21.5. The van der Waals surface area contributed by atoms with Crippen LogP contribution in [0.3, 0.4) is 0 Å². The average molecular weight is 411 g/mol. The molecule has 8 nitrogen and oxygen atoms in total. The molecule has 0 saturated carbocycles. The van der Waals surface area contributed by atoms with Crippen LogP contribution in [0.5, 0.6) is 23.0 Å². The van der Waals surface area contributed by atoms with E-state index in [1.54, 1.807) is 50.6 Å². The van der Waals surface area contributed by atoms with Gasteiger partial charge >= 0.3 is 0 Å². The minimum Gasteiger partial charge on any atom is -0.497 e. The Kier molecular flexibility index (Phi) is 6.79. The number of carbonyl (C=O) groups excluding carboxylic acids is 1. The van der Waals surface area contributed by atoms with E-state index in [2.05, 4.69) is 15.5 Å². The lowest BCUT2D eigenvalue weighted by Gasteiger charge is -2.13. The first-order chi connectivity index (χ1) is 14.6. The highest BCUT2D eigenvalue weighted by Crippen LogP contribution is 2.33. The summed E-state index contributed by atoms with van der Waals surface area (Å²) in [6.07, 6.45) is 0. The number of aromatic nitrogens is 2. The first-order valence-electron chi connectivity index (χ1n) is 9.58. The SMILES string of the molecule is CCOc1ccc(OCC)c(NC(=O)c2cc(-c3ccc(OC)cc3OC)n[nH]2)c1. The first-order valence-corrected chi connectivity index (χ1v) is 9.58. The molecular formula is C22H25N3O5. The number of benzene rings is 2. The van der Waals surface area contributed by atoms with Crippen LogP contribution in [-0.4, -0.2) is 43.5 Å². The van der Waals surface area contributed by atoms with Crippen LogP contribution in [0.4, 0.5) is 5.69 Å². The second-order valence-electron chi connectivity index (χ2n) is 6.21. The van der Waals surface area contributed by atoms with E-state index in [1.807, 2.05) is 19.9 Å². The van der Waals surface area contributed by atoms with Gasteiger partial charge in [0.05, 0.1) is 38.8 Å². The lowest BCUT2D eigenvalue weighted by molar-refractivity contribution is 0.102. The van der Waals surface area contributed by atoms with Gasteiger partial charge in [0.25, 0.3) is 5.91 Å². The van der Waals surface area contributed by atoms with Crippen molar-refractivity contribution in [2.75, 3.05) is 32.8 Å². The first kappa shape index (κ1) is 21.0. The molecule has 0 fully saturated rings. The summed E-state index contributed by atoms with van der Waals surface area (Å²) in [7, 11) is 3.15. The number of aromatic amines is 1. The van der Waals surface area contributed by atoms with Crippen molar-refractivity contribution in [1.29, 1.82) is 0 Å². The molecule has 0 aliphatic rings. The summed E-state index contributed by atoms with van der Waals surface area (Å²) in [6, 6.07) is 12.4. The number of nitrogens with zero attached hydrogens (tertiary/aromatic N) is 1. The van der Waals surface area contributed by atoms with Gasteiger partial charge in [-0.1, -0.05) is 0 Å². The highest BCUT2D eigenvalue weighted by molar-refractivity contribution is 6.04. The van der Waals surface area contributed by atoms with Gasteiger partial charge in [0.2, 0.25) is 0 Å². The third-order valence-corrected chi connectivity index (χ3v) is 4.32. The molecule has 30 heavy (non-hydrogen) atoms. The van der Waals surface area contributed by atoms with Gasteiger partial charge in [-0.25, -0.2) is 0 Å². The summed E-state index contributed by atoms with van der Waals surface area (Å²) in [4.78, 5) is 12.8. The summed E-state index contributed by atoms with van der Waals surface area (Å²) < 4.78 is 21.8. The van der Waals surface area contributed by atoms with Crippen molar-refractivity contribution < 1.29 is 23.7 Å². The normalized spacial score (nSPS) is 10.4. The molecule has 0 spiro atoms. The Labute approximate surface area is 175 Å². The summed E-state index contributed by atoms with van der Waals surface area (Å²) in [5.74, 6) is 2.11. The number of hydrogen-bond donors (Lipinski definition) is 2. The Morgan fingerprint density at radius 2 is 1.70 bits per heavy atom. The van der Waals surface area contributed by atoms with Gasteiger partial charge in [0.15, 0.2) is 0 Å². The van der Waals surface area contributed by atoms with Crippen molar-refractivity contribution in [1.82, 2.24) is 10.2 Å². The van der Waals surface area contributed by atoms with Crippen molar-refractivity contribution >= 4 is 11.6 Å². The maximum atomic E-state index is 12.8. The Bertz CT molecular complexity index is 1020. The molecule has 3 aromatic rings. The molecule has 0 aliphatic heterocycles. The van der Waals surface area contributed by atoms with E-state index < -0.39 is 0 Å². The number of rotatable bonds is 9. The van der Waals surface area contributed by atoms with E-state index in [0.717, 1.165) is 5.56 Å². The highest BCUT2D eigenvalue weighted by Gasteiger charge is 2.17. The van der Waals surface area contributed by atoms with E-state index in [9.17, 15) is 4.79 Å². The summed E-state index contributed by atoms with van der Waals surface area (Å²) >= 11 is 0. The van der Waals surface area contributed by atoms with Crippen LogP contribution in [-0.2, 0) is 0 Å². The molecule has 2 aromatic carbocycles. The fourth-order valence-corrected chi connectivity index (χ4v) is 2.92. The average Bonchev–Trinajstić information content (AvgIpc) is 3.25. The van der Waals surface area contributed by atoms with Gasteiger partial charge in [-0.15, -0.1) is 0 Å². The topological polar surface area (TPSA) is 94.7 Å². The maximum absolute atomic E-state index is 12.8. The van der Waals surface area contributed by atoms with Gasteiger partial charge in [-0.3, -0.25) is 9.89 Å². The minimum absolute atomic E-state index is 0.298. The monoisotopic (exact) mass is 411 g/mol. The molecule has 158 valence electrons. The van der Waals surface area contributed by atoms with Gasteiger partial charge in [-0.05, 0) is 44.2 Å². The van der Waals surface area contributed by atoms with Crippen molar-refractivity contribution in [3.05, 3.63) is 48.2 Å². The van der Waals surface area contributed by atoms with Crippen LogP contribution < -0.4 is 24.3 Å². The van der Waals surface area contributed by atoms with Gasteiger partial charge < -0.3 is 24.3 Å². The Morgan fingerprint density at radius 1 is 0.933 bits per heavy atom. The zero-order valence-electron chi connectivity index (χ0n) is 17.4. The number of hydrogen-bond acceptors (Lipinski definition) is 6. The van der Waals surface area contributed by atoms with E-state index in [1.165, 1.54) is 0 Å². The molecule has 0 aliphatic carbocycles. The zero-order valence-corrected chi connectivity index (χ0v) is 17.4. The third kappa shape index (κ3) is 4.65. The molecule has 2 N–H and O–H groups in total. The highest BCUT2D eigenvalue weighted by atomic mass is 16.5.